The van der Waals surface area contributed by atoms with Gasteiger partial charge in [-0.3, -0.25) is 4.79 Å². The van der Waals surface area contributed by atoms with Crippen molar-refractivity contribution in [2.75, 3.05) is 7.05 Å². The number of benzene rings is 1. The molecule has 1 amide bonds. The molecule has 0 N–H and O–H groups in total. The molecule has 0 fully saturated rings. The van der Waals surface area contributed by atoms with E-state index in [2.05, 4.69) is 25.1 Å². The molecule has 0 saturated heterocycles. The third-order valence-electron chi connectivity index (χ3n) is 3.49. The smallest absolute Gasteiger partial charge is 0.234 e. The second-order valence-electron chi connectivity index (χ2n) is 4.37. The van der Waals surface area contributed by atoms with Gasteiger partial charge in [0, 0.05) is 7.05 Å². The van der Waals surface area contributed by atoms with Gasteiger partial charge in [-0.2, -0.15) is 0 Å². The summed E-state index contributed by atoms with van der Waals surface area (Å²) in [4.78, 5) is 13.8. The highest BCUT2D eigenvalue weighted by Gasteiger charge is 2.41. The van der Waals surface area contributed by atoms with E-state index in [1.165, 1.54) is 16.7 Å². The Morgan fingerprint density at radius 1 is 1.20 bits per heavy atom. The lowest BCUT2D eigenvalue weighted by atomic mass is 9.76. The van der Waals surface area contributed by atoms with E-state index in [0.29, 0.717) is 0 Å². The van der Waals surface area contributed by atoms with Gasteiger partial charge in [-0.1, -0.05) is 30.3 Å². The minimum atomic E-state index is -0.0452. The van der Waals surface area contributed by atoms with Gasteiger partial charge in [0.25, 0.3) is 0 Å². The van der Waals surface area contributed by atoms with Crippen molar-refractivity contribution in [3.63, 3.8) is 0 Å². The summed E-state index contributed by atoms with van der Waals surface area (Å²) >= 11 is 0. The third-order valence-corrected chi connectivity index (χ3v) is 3.49. The summed E-state index contributed by atoms with van der Waals surface area (Å²) in [7, 11) is 1.90. The Morgan fingerprint density at radius 2 is 1.87 bits per heavy atom. The van der Waals surface area contributed by atoms with Crippen molar-refractivity contribution in [2.24, 2.45) is 0 Å². The van der Waals surface area contributed by atoms with Crippen LogP contribution in [0.2, 0.25) is 0 Å². The first-order valence-corrected chi connectivity index (χ1v) is 5.24. The number of carbonyl (C=O) groups excluding carboxylic acids is 1. The summed E-state index contributed by atoms with van der Waals surface area (Å²) in [6.07, 6.45) is 2.11. The molecule has 0 spiro atoms. The fourth-order valence-corrected chi connectivity index (χ4v) is 2.80. The standard InChI is InChI=1S/C13H13NO/c1-8-7-11-9-5-3-4-6-10(9)12(8)14(2)13(11)15/h3-7,11-12H,1-2H3/t11-,12+/m0/s1. The predicted molar refractivity (Wildman–Crippen MR) is 58.5 cm³/mol. The van der Waals surface area contributed by atoms with E-state index in [9.17, 15) is 4.79 Å². The van der Waals surface area contributed by atoms with Crippen molar-refractivity contribution in [3.05, 3.63) is 47.0 Å². The number of amides is 1. The van der Waals surface area contributed by atoms with Crippen molar-refractivity contribution >= 4 is 5.91 Å². The normalized spacial score (nSPS) is 27.7. The maximum absolute atomic E-state index is 12.0. The highest BCUT2D eigenvalue weighted by molar-refractivity contribution is 5.90. The second kappa shape index (κ2) is 2.72. The second-order valence-corrected chi connectivity index (χ2v) is 4.37. The lowest BCUT2D eigenvalue weighted by Gasteiger charge is -2.43. The summed E-state index contributed by atoms with van der Waals surface area (Å²) < 4.78 is 0. The molecule has 3 aliphatic rings. The quantitative estimate of drug-likeness (QED) is 0.587. The first-order chi connectivity index (χ1) is 7.20. The minimum Gasteiger partial charge on any atom is -0.334 e. The number of hydrogen-bond acceptors (Lipinski definition) is 1. The summed E-state index contributed by atoms with van der Waals surface area (Å²) in [5, 5.41) is 0. The van der Waals surface area contributed by atoms with Gasteiger partial charge in [-0.05, 0) is 23.6 Å². The SMILES string of the molecule is CC1=C[C@@H]2C(=O)N(C)[C@H]1c1ccccc12. The molecule has 76 valence electrons. The van der Waals surface area contributed by atoms with Crippen LogP contribution >= 0.6 is 0 Å². The fourth-order valence-electron chi connectivity index (χ4n) is 2.80. The van der Waals surface area contributed by atoms with Gasteiger partial charge < -0.3 is 4.90 Å². The molecule has 1 aliphatic carbocycles. The van der Waals surface area contributed by atoms with Crippen LogP contribution < -0.4 is 0 Å². The van der Waals surface area contributed by atoms with Crippen LogP contribution in [-0.2, 0) is 4.79 Å². The van der Waals surface area contributed by atoms with Crippen LogP contribution in [0.25, 0.3) is 0 Å². The van der Waals surface area contributed by atoms with E-state index in [1.807, 2.05) is 24.1 Å². The zero-order chi connectivity index (χ0) is 10.6. The molecule has 2 nitrogen and oxygen atoms in total. The molecule has 2 heteroatoms. The number of carbonyl (C=O) groups is 1. The molecule has 0 saturated carbocycles. The Labute approximate surface area is 89.2 Å². The molecule has 2 atom stereocenters. The molecule has 1 aromatic rings. The van der Waals surface area contributed by atoms with Crippen LogP contribution in [0, 0.1) is 0 Å². The van der Waals surface area contributed by atoms with E-state index in [1.54, 1.807) is 0 Å². The van der Waals surface area contributed by atoms with Gasteiger partial charge in [-0.15, -0.1) is 0 Å². The summed E-state index contributed by atoms with van der Waals surface area (Å²) in [6, 6.07) is 8.42. The van der Waals surface area contributed by atoms with Crippen molar-refractivity contribution in [1.29, 1.82) is 0 Å². The Balaban J connectivity index is 2.28. The van der Waals surface area contributed by atoms with Crippen LogP contribution in [0.1, 0.15) is 30.0 Å². The first-order valence-electron chi connectivity index (χ1n) is 5.24. The highest BCUT2D eigenvalue weighted by Crippen LogP contribution is 2.45. The summed E-state index contributed by atoms with van der Waals surface area (Å²) in [6.45, 7) is 2.11. The number of fused-ring (bicyclic) bond motifs is 1. The Hall–Kier alpha value is -1.57. The van der Waals surface area contributed by atoms with E-state index in [0.717, 1.165) is 0 Å². The van der Waals surface area contributed by atoms with E-state index < -0.39 is 0 Å². The van der Waals surface area contributed by atoms with Crippen molar-refractivity contribution in [3.8, 4) is 0 Å². The maximum Gasteiger partial charge on any atom is 0.234 e. The Morgan fingerprint density at radius 3 is 2.60 bits per heavy atom. The minimum absolute atomic E-state index is 0.0452. The fraction of sp³-hybridized carbons (Fsp3) is 0.308. The molecular weight excluding hydrogens is 186 g/mol. The van der Waals surface area contributed by atoms with Gasteiger partial charge >= 0.3 is 0 Å². The average Bonchev–Trinajstić information content (AvgIpc) is 2.24. The van der Waals surface area contributed by atoms with E-state index in [-0.39, 0.29) is 17.9 Å². The van der Waals surface area contributed by atoms with Gasteiger partial charge in [0.05, 0.1) is 12.0 Å². The molecule has 0 radical (unpaired) electrons. The average molecular weight is 199 g/mol. The number of nitrogens with zero attached hydrogens (tertiary/aromatic N) is 1. The van der Waals surface area contributed by atoms with Crippen molar-refractivity contribution in [1.82, 2.24) is 4.90 Å². The molecule has 2 heterocycles. The van der Waals surface area contributed by atoms with Crippen LogP contribution in [0.4, 0.5) is 0 Å². The number of likely N-dealkylation sites (N-methyl/N-ethyl adjacent to an activating group) is 1. The van der Waals surface area contributed by atoms with E-state index in [4.69, 9.17) is 0 Å². The van der Waals surface area contributed by atoms with Crippen LogP contribution in [0.3, 0.4) is 0 Å². The van der Waals surface area contributed by atoms with Gasteiger partial charge in [0.1, 0.15) is 0 Å². The molecule has 0 unspecified atom stereocenters. The molecular formula is C13H13NO. The zero-order valence-corrected chi connectivity index (χ0v) is 8.90. The van der Waals surface area contributed by atoms with Gasteiger partial charge in [-0.25, -0.2) is 0 Å². The summed E-state index contributed by atoms with van der Waals surface area (Å²) in [5.74, 6) is 0.181. The Kier molecular flexibility index (Phi) is 1.58. The van der Waals surface area contributed by atoms with Crippen LogP contribution in [0.15, 0.2) is 35.9 Å². The summed E-state index contributed by atoms with van der Waals surface area (Å²) in [5.41, 5.74) is 3.78. The van der Waals surface area contributed by atoms with Gasteiger partial charge in [0.2, 0.25) is 5.91 Å². The Bertz CT molecular complexity index is 475. The lowest BCUT2D eigenvalue weighted by Crippen LogP contribution is -2.43. The highest BCUT2D eigenvalue weighted by atomic mass is 16.2. The first kappa shape index (κ1) is 8.72. The third kappa shape index (κ3) is 0.965. The van der Waals surface area contributed by atoms with Crippen LogP contribution in [-0.4, -0.2) is 17.9 Å². The molecule has 15 heavy (non-hydrogen) atoms. The van der Waals surface area contributed by atoms with E-state index >= 15 is 0 Å². The largest absolute Gasteiger partial charge is 0.334 e. The number of rotatable bonds is 0. The molecule has 0 aromatic heterocycles. The number of hydrogen-bond donors (Lipinski definition) is 0. The van der Waals surface area contributed by atoms with Crippen molar-refractivity contribution < 1.29 is 4.79 Å². The molecule has 4 rings (SSSR count). The van der Waals surface area contributed by atoms with Crippen LogP contribution in [0.5, 0.6) is 0 Å². The predicted octanol–water partition coefficient (Wildman–Crippen LogP) is 2.24. The lowest BCUT2D eigenvalue weighted by molar-refractivity contribution is -0.133. The topological polar surface area (TPSA) is 20.3 Å². The molecule has 2 bridgehead atoms. The van der Waals surface area contributed by atoms with Gasteiger partial charge in [0.15, 0.2) is 0 Å². The monoisotopic (exact) mass is 199 g/mol. The maximum atomic E-state index is 12.0. The zero-order valence-electron chi connectivity index (χ0n) is 8.90. The molecule has 1 aromatic carbocycles. The molecule has 2 aliphatic heterocycles. The van der Waals surface area contributed by atoms with Crippen molar-refractivity contribution in [2.45, 2.75) is 18.9 Å².